The highest BCUT2D eigenvalue weighted by Crippen LogP contribution is 2.31. The van der Waals surface area contributed by atoms with E-state index in [1.807, 2.05) is 61.5 Å². The number of nitrogens with zero attached hydrogens (tertiary/aromatic N) is 1. The molecular formula is C20H21N3O2S. The summed E-state index contributed by atoms with van der Waals surface area (Å²) in [6.07, 6.45) is 0. The molecule has 0 aliphatic carbocycles. The molecule has 0 aliphatic rings. The van der Waals surface area contributed by atoms with Crippen molar-refractivity contribution in [2.75, 3.05) is 19.5 Å². The molecule has 2 aromatic carbocycles. The molecule has 2 N–H and O–H groups in total. The zero-order valence-corrected chi connectivity index (χ0v) is 15.8. The Morgan fingerprint density at radius 2 is 1.81 bits per heavy atom. The smallest absolute Gasteiger partial charge is 0.264 e. The fourth-order valence-electron chi connectivity index (χ4n) is 2.80. The molecule has 3 rings (SSSR count). The molecule has 1 aromatic heterocycles. The van der Waals surface area contributed by atoms with Gasteiger partial charge < -0.3 is 15.4 Å². The lowest BCUT2D eigenvalue weighted by Gasteiger charge is -2.21. The van der Waals surface area contributed by atoms with Crippen LogP contribution in [0, 0.1) is 6.92 Å². The van der Waals surface area contributed by atoms with Crippen LogP contribution in [0.5, 0.6) is 5.75 Å². The standard InChI is InChI=1S/C20H21N3O2S/c1-13-18(26-20(21-2)22-13)19(24)23-17(14-9-5-4-6-10-14)15-11-7-8-12-16(15)25-3/h4-12,17H,1-3H3,(H,21,22)(H,23,24). The van der Waals surface area contributed by atoms with Gasteiger partial charge in [-0.1, -0.05) is 59.9 Å². The van der Waals surface area contributed by atoms with Crippen LogP contribution in [-0.2, 0) is 0 Å². The molecule has 3 aromatic rings. The molecule has 26 heavy (non-hydrogen) atoms. The Labute approximate surface area is 157 Å². The number of amides is 1. The Kier molecular flexibility index (Phi) is 5.53. The minimum absolute atomic E-state index is 0.152. The molecule has 0 spiro atoms. The number of aromatic nitrogens is 1. The number of hydrogen-bond acceptors (Lipinski definition) is 5. The van der Waals surface area contributed by atoms with Gasteiger partial charge in [0.2, 0.25) is 0 Å². The first-order valence-corrected chi connectivity index (χ1v) is 9.09. The largest absolute Gasteiger partial charge is 0.496 e. The maximum absolute atomic E-state index is 12.9. The summed E-state index contributed by atoms with van der Waals surface area (Å²) in [5.74, 6) is 0.583. The second-order valence-electron chi connectivity index (χ2n) is 5.74. The highest BCUT2D eigenvalue weighted by atomic mass is 32.1. The van der Waals surface area contributed by atoms with E-state index >= 15 is 0 Å². The summed E-state index contributed by atoms with van der Waals surface area (Å²) < 4.78 is 5.51. The van der Waals surface area contributed by atoms with E-state index in [0.29, 0.717) is 10.6 Å². The van der Waals surface area contributed by atoms with Crippen LogP contribution in [0.2, 0.25) is 0 Å². The molecular weight excluding hydrogens is 346 g/mol. The Balaban J connectivity index is 1.99. The first-order chi connectivity index (χ1) is 12.6. The van der Waals surface area contributed by atoms with Crippen molar-refractivity contribution in [3.05, 3.63) is 76.3 Å². The molecule has 0 saturated carbocycles. The Hall–Kier alpha value is -2.86. The minimum Gasteiger partial charge on any atom is -0.496 e. The maximum Gasteiger partial charge on any atom is 0.264 e. The van der Waals surface area contributed by atoms with Crippen LogP contribution in [-0.4, -0.2) is 25.0 Å². The number of rotatable bonds is 6. The molecule has 1 unspecified atom stereocenters. The second kappa shape index (κ2) is 8.01. The first-order valence-electron chi connectivity index (χ1n) is 8.28. The number of carbonyl (C=O) groups excluding carboxylic acids is 1. The lowest BCUT2D eigenvalue weighted by Crippen LogP contribution is -2.29. The van der Waals surface area contributed by atoms with E-state index in [4.69, 9.17) is 4.74 Å². The van der Waals surface area contributed by atoms with Gasteiger partial charge in [0.05, 0.1) is 18.8 Å². The fourth-order valence-corrected chi connectivity index (χ4v) is 3.62. The van der Waals surface area contributed by atoms with E-state index < -0.39 is 0 Å². The van der Waals surface area contributed by atoms with Gasteiger partial charge in [-0.25, -0.2) is 4.98 Å². The molecule has 0 saturated heterocycles. The zero-order chi connectivity index (χ0) is 18.5. The number of carbonyl (C=O) groups is 1. The predicted molar refractivity (Wildman–Crippen MR) is 105 cm³/mol. The highest BCUT2D eigenvalue weighted by Gasteiger charge is 2.23. The topological polar surface area (TPSA) is 63.2 Å². The van der Waals surface area contributed by atoms with E-state index in [9.17, 15) is 4.79 Å². The molecule has 0 bridgehead atoms. The Bertz CT molecular complexity index is 893. The molecule has 0 fully saturated rings. The van der Waals surface area contributed by atoms with Gasteiger partial charge in [0.25, 0.3) is 5.91 Å². The summed E-state index contributed by atoms with van der Waals surface area (Å²) in [7, 11) is 3.43. The molecule has 1 atom stereocenters. The number of nitrogens with one attached hydrogen (secondary N) is 2. The van der Waals surface area contributed by atoms with E-state index in [0.717, 1.165) is 22.0 Å². The third-order valence-corrected chi connectivity index (χ3v) is 5.25. The number of para-hydroxylation sites is 1. The quantitative estimate of drug-likeness (QED) is 0.691. The van der Waals surface area contributed by atoms with Crippen molar-refractivity contribution < 1.29 is 9.53 Å². The average Bonchev–Trinajstić information content (AvgIpc) is 3.07. The number of hydrogen-bond donors (Lipinski definition) is 2. The molecule has 134 valence electrons. The van der Waals surface area contributed by atoms with Crippen molar-refractivity contribution in [3.8, 4) is 5.75 Å². The Morgan fingerprint density at radius 3 is 2.46 bits per heavy atom. The summed E-state index contributed by atoms with van der Waals surface area (Å²) >= 11 is 1.34. The molecule has 5 nitrogen and oxygen atoms in total. The third kappa shape index (κ3) is 3.70. The van der Waals surface area contributed by atoms with Crippen molar-refractivity contribution in [1.82, 2.24) is 10.3 Å². The molecule has 6 heteroatoms. The van der Waals surface area contributed by atoms with Crippen LogP contribution in [0.25, 0.3) is 0 Å². The molecule has 0 radical (unpaired) electrons. The molecule has 0 aliphatic heterocycles. The van der Waals surface area contributed by atoms with E-state index in [1.54, 1.807) is 14.2 Å². The maximum atomic E-state index is 12.9. The van der Waals surface area contributed by atoms with Gasteiger partial charge in [0, 0.05) is 12.6 Å². The van der Waals surface area contributed by atoms with Crippen LogP contribution in [0.15, 0.2) is 54.6 Å². The minimum atomic E-state index is -0.320. The van der Waals surface area contributed by atoms with E-state index in [-0.39, 0.29) is 11.9 Å². The summed E-state index contributed by atoms with van der Waals surface area (Å²) in [5, 5.41) is 6.85. The number of methoxy groups -OCH3 is 1. The van der Waals surface area contributed by atoms with Gasteiger partial charge in [0.15, 0.2) is 5.13 Å². The first kappa shape index (κ1) is 17.9. The van der Waals surface area contributed by atoms with Gasteiger partial charge in [0.1, 0.15) is 10.6 Å². The average molecular weight is 367 g/mol. The summed E-state index contributed by atoms with van der Waals surface area (Å²) in [5.41, 5.74) is 2.61. The number of anilines is 1. The molecule has 1 heterocycles. The van der Waals surface area contributed by atoms with Crippen molar-refractivity contribution in [1.29, 1.82) is 0 Å². The summed E-state index contributed by atoms with van der Waals surface area (Å²) in [6.45, 7) is 1.84. The lowest BCUT2D eigenvalue weighted by atomic mass is 9.97. The second-order valence-corrected chi connectivity index (χ2v) is 6.74. The fraction of sp³-hybridized carbons (Fsp3) is 0.200. The van der Waals surface area contributed by atoms with Crippen molar-refractivity contribution >= 4 is 22.4 Å². The number of benzene rings is 2. The monoisotopic (exact) mass is 367 g/mol. The lowest BCUT2D eigenvalue weighted by molar-refractivity contribution is 0.0946. The highest BCUT2D eigenvalue weighted by molar-refractivity contribution is 7.17. The zero-order valence-electron chi connectivity index (χ0n) is 14.9. The molecule has 1 amide bonds. The number of aryl methyl sites for hydroxylation is 1. The van der Waals surface area contributed by atoms with Gasteiger partial charge in [-0.15, -0.1) is 0 Å². The van der Waals surface area contributed by atoms with E-state index in [1.165, 1.54) is 11.3 Å². The number of thiazole rings is 1. The van der Waals surface area contributed by atoms with Crippen LogP contribution >= 0.6 is 11.3 Å². The Morgan fingerprint density at radius 1 is 1.12 bits per heavy atom. The van der Waals surface area contributed by atoms with Crippen molar-refractivity contribution in [2.24, 2.45) is 0 Å². The normalized spacial score (nSPS) is 11.7. The van der Waals surface area contributed by atoms with Gasteiger partial charge in [-0.05, 0) is 18.6 Å². The van der Waals surface area contributed by atoms with Crippen LogP contribution in [0.4, 0.5) is 5.13 Å². The van der Waals surface area contributed by atoms with Crippen LogP contribution in [0.1, 0.15) is 32.5 Å². The van der Waals surface area contributed by atoms with Crippen LogP contribution in [0.3, 0.4) is 0 Å². The van der Waals surface area contributed by atoms with Gasteiger partial charge >= 0.3 is 0 Å². The summed E-state index contributed by atoms with van der Waals surface area (Å²) in [6, 6.07) is 17.3. The van der Waals surface area contributed by atoms with Crippen LogP contribution < -0.4 is 15.4 Å². The van der Waals surface area contributed by atoms with Gasteiger partial charge in [-0.2, -0.15) is 0 Å². The van der Waals surface area contributed by atoms with E-state index in [2.05, 4.69) is 15.6 Å². The SMILES string of the molecule is CNc1nc(C)c(C(=O)NC(c2ccccc2)c2ccccc2OC)s1. The van der Waals surface area contributed by atoms with Crippen molar-refractivity contribution in [3.63, 3.8) is 0 Å². The third-order valence-electron chi connectivity index (χ3n) is 4.07. The predicted octanol–water partition coefficient (Wildman–Crippen LogP) is 4.02. The summed E-state index contributed by atoms with van der Waals surface area (Å²) in [4.78, 5) is 17.9. The number of ether oxygens (including phenoxy) is 1. The van der Waals surface area contributed by atoms with Gasteiger partial charge in [-0.3, -0.25) is 4.79 Å². The van der Waals surface area contributed by atoms with Crippen molar-refractivity contribution in [2.45, 2.75) is 13.0 Å².